The summed E-state index contributed by atoms with van der Waals surface area (Å²) in [5.74, 6) is -1.03. The minimum Gasteiger partial charge on any atom is -0.480 e. The monoisotopic (exact) mass is 292 g/mol. The summed E-state index contributed by atoms with van der Waals surface area (Å²) in [7, 11) is 0. The van der Waals surface area contributed by atoms with Crippen LogP contribution in [0.3, 0.4) is 0 Å². The Kier molecular flexibility index (Phi) is 4.06. The number of amides is 1. The van der Waals surface area contributed by atoms with Gasteiger partial charge in [-0.3, -0.25) is 9.69 Å². The molecule has 0 radical (unpaired) electrons. The molecule has 2 atom stereocenters. The van der Waals surface area contributed by atoms with Gasteiger partial charge in [0.25, 0.3) is 5.91 Å². The van der Waals surface area contributed by atoms with E-state index in [1.165, 1.54) is 4.90 Å². The third-order valence-electron chi connectivity index (χ3n) is 3.59. The molecule has 1 amide bonds. The lowest BCUT2D eigenvalue weighted by Gasteiger charge is -2.39. The van der Waals surface area contributed by atoms with E-state index in [1.54, 1.807) is 25.1 Å². The molecule has 6 nitrogen and oxygen atoms in total. The molecule has 2 rings (SSSR count). The van der Waals surface area contributed by atoms with Crippen LogP contribution in [0.5, 0.6) is 5.75 Å². The molecule has 114 valence electrons. The lowest BCUT2D eigenvalue weighted by Crippen LogP contribution is -2.55. The number of benzene rings is 1. The Hall–Kier alpha value is -2.24. The Balaban J connectivity index is 2.60. The standard InChI is InChI=1S/C15H20N2O4/c1-4-10(15(19)20)17-12-9(16)6-5-7-11(12)21-13(8(2)3)14(17)18/h5-8,10,13H,4,16H2,1-3H3,(H,19,20). The molecule has 1 aliphatic rings. The van der Waals surface area contributed by atoms with Crippen molar-refractivity contribution in [2.24, 2.45) is 5.92 Å². The summed E-state index contributed by atoms with van der Waals surface area (Å²) in [6.45, 7) is 5.45. The zero-order chi connectivity index (χ0) is 15.7. The summed E-state index contributed by atoms with van der Waals surface area (Å²) in [5, 5.41) is 9.41. The number of carbonyl (C=O) groups is 2. The summed E-state index contributed by atoms with van der Waals surface area (Å²) in [4.78, 5) is 25.4. The van der Waals surface area contributed by atoms with Crippen LogP contribution >= 0.6 is 0 Å². The highest BCUT2D eigenvalue weighted by atomic mass is 16.5. The lowest BCUT2D eigenvalue weighted by atomic mass is 10.00. The van der Waals surface area contributed by atoms with Crippen molar-refractivity contribution >= 4 is 23.3 Å². The second kappa shape index (κ2) is 5.63. The van der Waals surface area contributed by atoms with Gasteiger partial charge in [-0.15, -0.1) is 0 Å². The molecule has 3 N–H and O–H groups in total. The fourth-order valence-electron chi connectivity index (χ4n) is 2.52. The van der Waals surface area contributed by atoms with E-state index in [4.69, 9.17) is 10.5 Å². The molecule has 1 aromatic carbocycles. The Labute approximate surface area is 123 Å². The van der Waals surface area contributed by atoms with E-state index < -0.39 is 18.1 Å². The zero-order valence-corrected chi connectivity index (χ0v) is 12.4. The first kappa shape index (κ1) is 15.2. The average molecular weight is 292 g/mol. The second-order valence-electron chi connectivity index (χ2n) is 5.45. The number of nitrogens with zero attached hydrogens (tertiary/aromatic N) is 1. The van der Waals surface area contributed by atoms with Gasteiger partial charge in [-0.2, -0.15) is 0 Å². The van der Waals surface area contributed by atoms with Crippen LogP contribution in [0.4, 0.5) is 11.4 Å². The van der Waals surface area contributed by atoms with Crippen molar-refractivity contribution in [3.05, 3.63) is 18.2 Å². The predicted molar refractivity (Wildman–Crippen MR) is 79.3 cm³/mol. The van der Waals surface area contributed by atoms with Crippen molar-refractivity contribution in [2.75, 3.05) is 10.6 Å². The van der Waals surface area contributed by atoms with Gasteiger partial charge < -0.3 is 15.6 Å². The van der Waals surface area contributed by atoms with Crippen LogP contribution in [0.15, 0.2) is 18.2 Å². The van der Waals surface area contributed by atoms with E-state index in [2.05, 4.69) is 0 Å². The molecule has 1 aromatic rings. The summed E-state index contributed by atoms with van der Waals surface area (Å²) >= 11 is 0. The molecule has 0 bridgehead atoms. The SMILES string of the molecule is CCC(C(=O)O)N1C(=O)C(C(C)C)Oc2cccc(N)c21. The van der Waals surface area contributed by atoms with Gasteiger partial charge in [0.1, 0.15) is 17.5 Å². The third-order valence-corrected chi connectivity index (χ3v) is 3.59. The molecule has 0 aliphatic carbocycles. The number of nitrogens with two attached hydrogens (primary N) is 1. The molecule has 1 aliphatic heterocycles. The number of rotatable bonds is 4. The first-order valence-corrected chi connectivity index (χ1v) is 6.99. The van der Waals surface area contributed by atoms with E-state index in [0.29, 0.717) is 23.5 Å². The van der Waals surface area contributed by atoms with E-state index in [0.717, 1.165) is 0 Å². The number of nitrogen functional groups attached to an aromatic ring is 1. The van der Waals surface area contributed by atoms with E-state index in [-0.39, 0.29) is 11.8 Å². The van der Waals surface area contributed by atoms with Gasteiger partial charge in [-0.1, -0.05) is 26.8 Å². The minimum atomic E-state index is -1.05. The number of hydrogen-bond donors (Lipinski definition) is 2. The first-order valence-electron chi connectivity index (χ1n) is 6.99. The number of anilines is 2. The highest BCUT2D eigenvalue weighted by Gasteiger charge is 2.42. The first-order chi connectivity index (χ1) is 9.88. The van der Waals surface area contributed by atoms with Gasteiger partial charge in [-0.05, 0) is 24.5 Å². The van der Waals surface area contributed by atoms with Gasteiger partial charge in [0, 0.05) is 0 Å². The van der Waals surface area contributed by atoms with E-state index >= 15 is 0 Å². The Morgan fingerprint density at radius 3 is 2.67 bits per heavy atom. The lowest BCUT2D eigenvalue weighted by molar-refractivity contribution is -0.141. The maximum atomic E-state index is 12.7. The molecule has 21 heavy (non-hydrogen) atoms. The smallest absolute Gasteiger partial charge is 0.326 e. The highest BCUT2D eigenvalue weighted by molar-refractivity contribution is 6.06. The second-order valence-corrected chi connectivity index (χ2v) is 5.45. The molecule has 0 aromatic heterocycles. The molecule has 1 heterocycles. The average Bonchev–Trinajstić information content (AvgIpc) is 2.41. The molecule has 0 saturated carbocycles. The molecule has 6 heteroatoms. The van der Waals surface area contributed by atoms with Gasteiger partial charge in [0.15, 0.2) is 6.10 Å². The fraction of sp³-hybridized carbons (Fsp3) is 0.467. The summed E-state index contributed by atoms with van der Waals surface area (Å²) in [6, 6.07) is 4.11. The predicted octanol–water partition coefficient (Wildman–Crippen LogP) is 1.88. The van der Waals surface area contributed by atoms with Crippen LogP contribution in [-0.2, 0) is 9.59 Å². The number of ether oxygens (including phenoxy) is 1. The minimum absolute atomic E-state index is 0.0686. The van der Waals surface area contributed by atoms with Crippen LogP contribution in [0.2, 0.25) is 0 Å². The van der Waals surface area contributed by atoms with Gasteiger partial charge in [0.2, 0.25) is 0 Å². The molecular weight excluding hydrogens is 272 g/mol. The number of fused-ring (bicyclic) bond motifs is 1. The van der Waals surface area contributed by atoms with Crippen LogP contribution in [-0.4, -0.2) is 29.1 Å². The van der Waals surface area contributed by atoms with Crippen LogP contribution < -0.4 is 15.4 Å². The molecule has 2 unspecified atom stereocenters. The summed E-state index contributed by atoms with van der Waals surface area (Å²) in [5.41, 5.74) is 6.63. The Morgan fingerprint density at radius 1 is 1.48 bits per heavy atom. The number of carboxylic acid groups (broad SMARTS) is 1. The van der Waals surface area contributed by atoms with E-state index in [9.17, 15) is 14.7 Å². The quantitative estimate of drug-likeness (QED) is 0.826. The van der Waals surface area contributed by atoms with E-state index in [1.807, 2.05) is 13.8 Å². The van der Waals surface area contributed by atoms with Gasteiger partial charge in [0.05, 0.1) is 5.69 Å². The maximum absolute atomic E-state index is 12.7. The van der Waals surface area contributed by atoms with Crippen molar-refractivity contribution in [2.45, 2.75) is 39.3 Å². The molecule has 0 spiro atoms. The van der Waals surface area contributed by atoms with Crippen LogP contribution in [0.1, 0.15) is 27.2 Å². The van der Waals surface area contributed by atoms with Crippen molar-refractivity contribution < 1.29 is 19.4 Å². The summed E-state index contributed by atoms with van der Waals surface area (Å²) < 4.78 is 5.73. The number of carbonyl (C=O) groups excluding carboxylic acids is 1. The maximum Gasteiger partial charge on any atom is 0.326 e. The van der Waals surface area contributed by atoms with Gasteiger partial charge in [-0.25, -0.2) is 4.79 Å². The third kappa shape index (κ3) is 2.53. The number of carboxylic acids is 1. The fourth-order valence-corrected chi connectivity index (χ4v) is 2.52. The van der Waals surface area contributed by atoms with Crippen LogP contribution in [0.25, 0.3) is 0 Å². The number of aliphatic carboxylic acids is 1. The zero-order valence-electron chi connectivity index (χ0n) is 12.4. The Morgan fingerprint density at radius 2 is 2.14 bits per heavy atom. The number of hydrogen-bond acceptors (Lipinski definition) is 4. The van der Waals surface area contributed by atoms with Crippen LogP contribution in [0, 0.1) is 5.92 Å². The van der Waals surface area contributed by atoms with Gasteiger partial charge >= 0.3 is 5.97 Å². The molecular formula is C15H20N2O4. The van der Waals surface area contributed by atoms with Crippen molar-refractivity contribution in [1.82, 2.24) is 0 Å². The number of para-hydroxylation sites is 1. The molecule has 0 saturated heterocycles. The van der Waals surface area contributed by atoms with Crippen molar-refractivity contribution in [3.63, 3.8) is 0 Å². The van der Waals surface area contributed by atoms with Crippen molar-refractivity contribution in [1.29, 1.82) is 0 Å². The largest absolute Gasteiger partial charge is 0.480 e. The topological polar surface area (TPSA) is 92.9 Å². The Bertz CT molecular complexity index is 571. The molecule has 0 fully saturated rings. The van der Waals surface area contributed by atoms with Crippen molar-refractivity contribution in [3.8, 4) is 5.75 Å². The summed E-state index contributed by atoms with van der Waals surface area (Å²) in [6.07, 6.45) is -0.410. The normalized spacial score (nSPS) is 19.1. The highest BCUT2D eigenvalue weighted by Crippen LogP contribution is 2.41.